The van der Waals surface area contributed by atoms with E-state index < -0.39 is 11.7 Å². The molecule has 0 radical (unpaired) electrons. The summed E-state index contributed by atoms with van der Waals surface area (Å²) in [5.74, 6) is 0. The Kier molecular flexibility index (Phi) is 3.10. The molecule has 0 saturated carbocycles. The first-order valence-electron chi connectivity index (χ1n) is 4.72. The molecular weight excluding hydrogens is 243 g/mol. The van der Waals surface area contributed by atoms with Crippen molar-refractivity contribution in [3.63, 3.8) is 0 Å². The van der Waals surface area contributed by atoms with Crippen LogP contribution in [-0.4, -0.2) is 6.61 Å². The molecule has 16 heavy (non-hydrogen) atoms. The topological polar surface area (TPSA) is 21.3 Å². The molecule has 1 aromatic carbocycles. The average Bonchev–Trinajstić information content (AvgIpc) is 2.69. The number of hydroxylamine groups is 1. The van der Waals surface area contributed by atoms with Crippen molar-refractivity contribution in [1.82, 2.24) is 5.48 Å². The van der Waals surface area contributed by atoms with Gasteiger partial charge in [0, 0.05) is 0 Å². The minimum absolute atomic E-state index is 0.196. The van der Waals surface area contributed by atoms with Crippen molar-refractivity contribution in [2.24, 2.45) is 0 Å². The maximum Gasteiger partial charge on any atom is 0.417 e. The van der Waals surface area contributed by atoms with Gasteiger partial charge < -0.3 is 4.84 Å². The van der Waals surface area contributed by atoms with Gasteiger partial charge in [-0.15, -0.1) is 0 Å². The van der Waals surface area contributed by atoms with Crippen LogP contribution in [0.5, 0.6) is 0 Å². The largest absolute Gasteiger partial charge is 0.417 e. The van der Waals surface area contributed by atoms with Crippen molar-refractivity contribution in [2.75, 3.05) is 6.61 Å². The lowest BCUT2D eigenvalue weighted by Gasteiger charge is -2.13. The fourth-order valence-electron chi connectivity index (χ4n) is 1.61. The van der Waals surface area contributed by atoms with E-state index >= 15 is 0 Å². The number of hydrogen-bond acceptors (Lipinski definition) is 2. The van der Waals surface area contributed by atoms with Crippen LogP contribution in [0.15, 0.2) is 18.2 Å². The predicted octanol–water partition coefficient (Wildman–Crippen LogP) is 3.32. The Morgan fingerprint density at radius 2 is 2.12 bits per heavy atom. The molecule has 6 heteroatoms. The van der Waals surface area contributed by atoms with E-state index in [0.29, 0.717) is 18.6 Å². The summed E-state index contributed by atoms with van der Waals surface area (Å²) < 4.78 is 37.7. The van der Waals surface area contributed by atoms with E-state index in [4.69, 9.17) is 16.4 Å². The van der Waals surface area contributed by atoms with E-state index in [1.54, 1.807) is 6.07 Å². The fraction of sp³-hybridized carbons (Fsp3) is 0.400. The van der Waals surface area contributed by atoms with E-state index in [2.05, 4.69) is 5.48 Å². The summed E-state index contributed by atoms with van der Waals surface area (Å²) in [5.41, 5.74) is 2.39. The summed E-state index contributed by atoms with van der Waals surface area (Å²) in [6.07, 6.45) is -3.77. The third kappa shape index (κ3) is 2.31. The first kappa shape index (κ1) is 11.7. The Morgan fingerprint density at radius 3 is 2.69 bits per heavy atom. The Morgan fingerprint density at radius 1 is 1.38 bits per heavy atom. The Labute approximate surface area is 95.3 Å². The lowest BCUT2D eigenvalue weighted by molar-refractivity contribution is -0.137. The van der Waals surface area contributed by atoms with Gasteiger partial charge in [-0.2, -0.15) is 18.7 Å². The van der Waals surface area contributed by atoms with Gasteiger partial charge >= 0.3 is 6.18 Å². The summed E-state index contributed by atoms with van der Waals surface area (Å²) in [6.45, 7) is 0.495. The highest BCUT2D eigenvalue weighted by atomic mass is 35.5. The van der Waals surface area contributed by atoms with Crippen molar-refractivity contribution in [1.29, 1.82) is 0 Å². The van der Waals surface area contributed by atoms with Crippen molar-refractivity contribution in [2.45, 2.75) is 18.6 Å². The second-order valence-electron chi connectivity index (χ2n) is 3.54. The molecule has 1 heterocycles. The lowest BCUT2D eigenvalue weighted by Crippen LogP contribution is -2.13. The number of benzene rings is 1. The number of alkyl halides is 3. The summed E-state index contributed by atoms with van der Waals surface area (Å²) >= 11 is 5.52. The van der Waals surface area contributed by atoms with Crippen molar-refractivity contribution < 1.29 is 18.0 Å². The van der Waals surface area contributed by atoms with Crippen LogP contribution >= 0.6 is 11.6 Å². The molecule has 0 aromatic heterocycles. The molecule has 0 bridgehead atoms. The zero-order valence-electron chi connectivity index (χ0n) is 8.14. The molecule has 88 valence electrons. The second kappa shape index (κ2) is 4.24. The Hall–Kier alpha value is -0.780. The van der Waals surface area contributed by atoms with Gasteiger partial charge in [-0.3, -0.25) is 0 Å². The van der Waals surface area contributed by atoms with Crippen molar-refractivity contribution in [3.05, 3.63) is 34.3 Å². The Bertz CT molecular complexity index is 388. The van der Waals surface area contributed by atoms with Gasteiger partial charge in [-0.1, -0.05) is 17.7 Å². The van der Waals surface area contributed by atoms with Gasteiger partial charge in [0.25, 0.3) is 0 Å². The molecule has 1 atom stereocenters. The molecule has 0 amide bonds. The summed E-state index contributed by atoms with van der Waals surface area (Å²) in [7, 11) is 0. The van der Waals surface area contributed by atoms with Gasteiger partial charge in [0.15, 0.2) is 0 Å². The van der Waals surface area contributed by atoms with Gasteiger partial charge in [0.05, 0.1) is 23.2 Å². The lowest BCUT2D eigenvalue weighted by atomic mass is 10.0. The Balaban J connectivity index is 2.35. The zero-order valence-corrected chi connectivity index (χ0v) is 8.90. The molecule has 1 aliphatic rings. The highest BCUT2D eigenvalue weighted by Crippen LogP contribution is 2.36. The number of halogens is 4. The van der Waals surface area contributed by atoms with Crippen LogP contribution < -0.4 is 5.48 Å². The second-order valence-corrected chi connectivity index (χ2v) is 3.95. The standard InChI is InChI=1S/C10H9ClF3NO/c11-8-2-1-6(9-3-4-16-15-9)5-7(8)10(12,13)14/h1-2,5,9,15H,3-4H2/t9-/m1/s1. The molecule has 2 nitrogen and oxygen atoms in total. The molecule has 1 N–H and O–H groups in total. The van der Waals surface area contributed by atoms with Crippen LogP contribution in [0.3, 0.4) is 0 Å². The number of nitrogens with one attached hydrogen (secondary N) is 1. The van der Waals surface area contributed by atoms with Gasteiger partial charge in [-0.05, 0) is 24.1 Å². The maximum atomic E-state index is 12.6. The fourth-order valence-corrected chi connectivity index (χ4v) is 1.83. The highest BCUT2D eigenvalue weighted by Gasteiger charge is 2.34. The summed E-state index contributed by atoms with van der Waals surface area (Å²) in [4.78, 5) is 4.90. The zero-order chi connectivity index (χ0) is 11.8. The highest BCUT2D eigenvalue weighted by molar-refractivity contribution is 6.31. The first-order valence-corrected chi connectivity index (χ1v) is 5.10. The molecule has 1 aromatic rings. The van der Waals surface area contributed by atoms with Crippen LogP contribution in [0.1, 0.15) is 23.6 Å². The smallest absolute Gasteiger partial charge is 0.301 e. The third-order valence-electron chi connectivity index (χ3n) is 2.43. The van der Waals surface area contributed by atoms with Gasteiger partial charge in [0.2, 0.25) is 0 Å². The monoisotopic (exact) mass is 251 g/mol. The van der Waals surface area contributed by atoms with E-state index in [9.17, 15) is 13.2 Å². The minimum Gasteiger partial charge on any atom is -0.301 e. The van der Waals surface area contributed by atoms with Gasteiger partial charge in [0.1, 0.15) is 0 Å². The summed E-state index contributed by atoms with van der Waals surface area (Å²) in [5, 5.41) is -0.282. The SMILES string of the molecule is FC(F)(F)c1cc([C@H]2CCON2)ccc1Cl. The molecular formula is C10H9ClF3NO. The van der Waals surface area contributed by atoms with E-state index in [-0.39, 0.29) is 11.1 Å². The molecule has 1 saturated heterocycles. The van der Waals surface area contributed by atoms with Crippen molar-refractivity contribution in [3.8, 4) is 0 Å². The van der Waals surface area contributed by atoms with Gasteiger partial charge in [-0.25, -0.2) is 0 Å². The molecule has 0 unspecified atom stereocenters. The average molecular weight is 252 g/mol. The molecule has 2 rings (SSSR count). The molecule has 1 aliphatic heterocycles. The van der Waals surface area contributed by atoms with Crippen LogP contribution in [0, 0.1) is 0 Å². The third-order valence-corrected chi connectivity index (χ3v) is 2.76. The normalized spacial score (nSPS) is 21.4. The first-order chi connectivity index (χ1) is 7.48. The molecule has 1 fully saturated rings. The summed E-state index contributed by atoms with van der Waals surface area (Å²) in [6, 6.07) is 3.71. The quantitative estimate of drug-likeness (QED) is 0.827. The van der Waals surface area contributed by atoms with Crippen LogP contribution in [-0.2, 0) is 11.0 Å². The van der Waals surface area contributed by atoms with Crippen LogP contribution in [0.2, 0.25) is 5.02 Å². The van der Waals surface area contributed by atoms with Crippen molar-refractivity contribution >= 4 is 11.6 Å². The van der Waals surface area contributed by atoms with E-state index in [1.807, 2.05) is 0 Å². The molecule has 0 aliphatic carbocycles. The number of rotatable bonds is 1. The maximum absolute atomic E-state index is 12.6. The van der Waals surface area contributed by atoms with E-state index in [1.165, 1.54) is 6.07 Å². The molecule has 0 spiro atoms. The minimum atomic E-state index is -4.42. The van der Waals surface area contributed by atoms with Crippen LogP contribution in [0.25, 0.3) is 0 Å². The predicted molar refractivity (Wildman–Crippen MR) is 52.9 cm³/mol. The number of hydrogen-bond donors (Lipinski definition) is 1. The van der Waals surface area contributed by atoms with Crippen LogP contribution in [0.4, 0.5) is 13.2 Å². The van der Waals surface area contributed by atoms with E-state index in [0.717, 1.165) is 6.07 Å².